The van der Waals surface area contributed by atoms with E-state index < -0.39 is 0 Å². The Bertz CT molecular complexity index is 778. The molecule has 0 aliphatic rings. The fourth-order valence-corrected chi connectivity index (χ4v) is 2.33. The molecule has 0 fully saturated rings. The molecule has 6 nitrogen and oxygen atoms in total. The number of oxazole rings is 1. The van der Waals surface area contributed by atoms with Crippen LogP contribution in [0, 0.1) is 5.41 Å². The summed E-state index contributed by atoms with van der Waals surface area (Å²) in [4.78, 5) is 13.5. The molecule has 0 saturated heterocycles. The van der Waals surface area contributed by atoms with Crippen LogP contribution in [-0.2, 0) is 13.5 Å². The molecule has 0 amide bonds. The molecular weight excluding hydrogens is 254 g/mol. The Morgan fingerprint density at radius 3 is 2.65 bits per heavy atom. The van der Waals surface area contributed by atoms with Crippen LogP contribution in [0.15, 0.2) is 10.7 Å². The highest BCUT2D eigenvalue weighted by atomic mass is 16.4. The Balaban J connectivity index is 2.27. The Morgan fingerprint density at radius 1 is 1.25 bits per heavy atom. The molecule has 0 unspecified atom stereocenters. The fourth-order valence-electron chi connectivity index (χ4n) is 2.33. The van der Waals surface area contributed by atoms with Crippen molar-refractivity contribution in [1.29, 1.82) is 0 Å². The molecule has 106 valence electrons. The summed E-state index contributed by atoms with van der Waals surface area (Å²) in [6, 6.07) is 0. The molecule has 0 saturated carbocycles. The SMILES string of the molecule is CNc1nc2oc(CC(C)(C)C)nc2c2c1ncn2C. The van der Waals surface area contributed by atoms with E-state index in [0.29, 0.717) is 11.5 Å². The number of pyridine rings is 1. The number of anilines is 1. The summed E-state index contributed by atoms with van der Waals surface area (Å²) in [6.07, 6.45) is 2.54. The summed E-state index contributed by atoms with van der Waals surface area (Å²) in [5.41, 5.74) is 3.22. The number of hydrogen-bond donors (Lipinski definition) is 1. The third-order valence-electron chi connectivity index (χ3n) is 3.17. The Morgan fingerprint density at radius 2 is 2.00 bits per heavy atom. The first-order valence-corrected chi connectivity index (χ1v) is 6.67. The summed E-state index contributed by atoms with van der Waals surface area (Å²) in [7, 11) is 3.78. The largest absolute Gasteiger partial charge is 0.422 e. The van der Waals surface area contributed by atoms with Crippen LogP contribution < -0.4 is 5.32 Å². The zero-order valence-corrected chi connectivity index (χ0v) is 12.5. The van der Waals surface area contributed by atoms with Crippen LogP contribution in [0.25, 0.3) is 22.3 Å². The maximum absolute atomic E-state index is 5.82. The van der Waals surface area contributed by atoms with Gasteiger partial charge in [0, 0.05) is 20.5 Å². The van der Waals surface area contributed by atoms with Crippen molar-refractivity contribution in [3.63, 3.8) is 0 Å². The van der Waals surface area contributed by atoms with Gasteiger partial charge in [0.05, 0.1) is 6.33 Å². The minimum absolute atomic E-state index is 0.123. The average molecular weight is 273 g/mol. The molecule has 1 N–H and O–H groups in total. The summed E-state index contributed by atoms with van der Waals surface area (Å²) in [5, 5.41) is 3.06. The van der Waals surface area contributed by atoms with E-state index in [1.807, 2.05) is 18.7 Å². The van der Waals surface area contributed by atoms with Gasteiger partial charge in [0.1, 0.15) is 11.0 Å². The molecule has 3 heterocycles. The maximum Gasteiger partial charge on any atom is 0.251 e. The van der Waals surface area contributed by atoms with E-state index in [4.69, 9.17) is 4.42 Å². The van der Waals surface area contributed by atoms with Crippen molar-refractivity contribution in [3.05, 3.63) is 12.2 Å². The van der Waals surface area contributed by atoms with Gasteiger partial charge in [0.2, 0.25) is 0 Å². The van der Waals surface area contributed by atoms with Gasteiger partial charge in [0.25, 0.3) is 5.71 Å². The number of fused-ring (bicyclic) bond motifs is 3. The van der Waals surface area contributed by atoms with Gasteiger partial charge in [-0.05, 0) is 5.41 Å². The Labute approximate surface area is 117 Å². The smallest absolute Gasteiger partial charge is 0.251 e. The number of nitrogens with zero attached hydrogens (tertiary/aromatic N) is 4. The highest BCUT2D eigenvalue weighted by Gasteiger charge is 2.20. The molecule has 0 aliphatic carbocycles. The van der Waals surface area contributed by atoms with Crippen molar-refractivity contribution in [3.8, 4) is 0 Å². The zero-order chi connectivity index (χ0) is 14.5. The van der Waals surface area contributed by atoms with Crippen molar-refractivity contribution in [2.75, 3.05) is 12.4 Å². The first kappa shape index (κ1) is 12.9. The lowest BCUT2D eigenvalue weighted by Gasteiger charge is -2.14. The van der Waals surface area contributed by atoms with Crippen molar-refractivity contribution in [1.82, 2.24) is 19.5 Å². The summed E-state index contributed by atoms with van der Waals surface area (Å²) < 4.78 is 7.76. The van der Waals surface area contributed by atoms with Crippen LogP contribution in [0.5, 0.6) is 0 Å². The number of imidazole rings is 1. The molecular formula is C14H19N5O. The lowest BCUT2D eigenvalue weighted by molar-refractivity contribution is 0.360. The van der Waals surface area contributed by atoms with Crippen LogP contribution in [0.2, 0.25) is 0 Å². The molecule has 3 aromatic rings. The van der Waals surface area contributed by atoms with Gasteiger partial charge in [-0.1, -0.05) is 20.8 Å². The van der Waals surface area contributed by atoms with E-state index in [-0.39, 0.29) is 5.41 Å². The normalized spacial score (nSPS) is 12.4. The maximum atomic E-state index is 5.82. The molecule has 0 spiro atoms. The fraction of sp³-hybridized carbons (Fsp3) is 0.500. The molecule has 0 aromatic carbocycles. The number of aryl methyl sites for hydroxylation is 1. The molecule has 3 rings (SSSR count). The average Bonchev–Trinajstić information content (AvgIpc) is 2.89. The first-order chi connectivity index (χ1) is 9.39. The lowest BCUT2D eigenvalue weighted by Crippen LogP contribution is -2.09. The molecule has 6 heteroatoms. The number of nitrogens with one attached hydrogen (secondary N) is 1. The minimum Gasteiger partial charge on any atom is -0.422 e. The van der Waals surface area contributed by atoms with E-state index in [1.165, 1.54) is 0 Å². The highest BCUT2D eigenvalue weighted by Crippen LogP contribution is 2.29. The van der Waals surface area contributed by atoms with Crippen LogP contribution in [0.3, 0.4) is 0 Å². The van der Waals surface area contributed by atoms with E-state index in [2.05, 4.69) is 41.0 Å². The van der Waals surface area contributed by atoms with Gasteiger partial charge in [0.15, 0.2) is 17.2 Å². The van der Waals surface area contributed by atoms with Gasteiger partial charge in [-0.2, -0.15) is 4.98 Å². The van der Waals surface area contributed by atoms with Crippen molar-refractivity contribution in [2.24, 2.45) is 12.5 Å². The number of rotatable bonds is 2. The van der Waals surface area contributed by atoms with Crippen LogP contribution in [0.1, 0.15) is 26.7 Å². The van der Waals surface area contributed by atoms with Crippen LogP contribution in [-0.4, -0.2) is 26.6 Å². The van der Waals surface area contributed by atoms with Crippen LogP contribution >= 0.6 is 0 Å². The number of aromatic nitrogens is 4. The second-order valence-electron chi connectivity index (χ2n) is 6.26. The molecule has 20 heavy (non-hydrogen) atoms. The Kier molecular flexibility index (Phi) is 2.70. The highest BCUT2D eigenvalue weighted by molar-refractivity contribution is 6.03. The number of hydrogen-bond acceptors (Lipinski definition) is 5. The van der Waals surface area contributed by atoms with Gasteiger partial charge in [-0.3, -0.25) is 0 Å². The van der Waals surface area contributed by atoms with Gasteiger partial charge in [-0.15, -0.1) is 0 Å². The standard InChI is InChI=1S/C14H19N5O/c1-14(2,3)6-8-17-10-11-9(16-7-19(11)5)12(15-4)18-13(10)20-8/h7H,6H2,1-5H3,(H,15,18). The second kappa shape index (κ2) is 4.19. The van der Waals surface area contributed by atoms with Crippen molar-refractivity contribution < 1.29 is 4.42 Å². The summed E-state index contributed by atoms with van der Waals surface area (Å²) >= 11 is 0. The summed E-state index contributed by atoms with van der Waals surface area (Å²) in [6.45, 7) is 6.48. The molecule has 0 aliphatic heterocycles. The van der Waals surface area contributed by atoms with Gasteiger partial charge < -0.3 is 14.3 Å². The predicted molar refractivity (Wildman–Crippen MR) is 78.8 cm³/mol. The van der Waals surface area contributed by atoms with E-state index >= 15 is 0 Å². The summed E-state index contributed by atoms with van der Waals surface area (Å²) in [5.74, 6) is 1.43. The molecule has 0 radical (unpaired) electrons. The Hall–Kier alpha value is -2.11. The lowest BCUT2D eigenvalue weighted by atomic mass is 9.92. The third kappa shape index (κ3) is 2.01. The van der Waals surface area contributed by atoms with Crippen molar-refractivity contribution >= 4 is 28.1 Å². The monoisotopic (exact) mass is 273 g/mol. The van der Waals surface area contributed by atoms with Gasteiger partial charge >= 0.3 is 0 Å². The van der Waals surface area contributed by atoms with E-state index in [0.717, 1.165) is 28.9 Å². The van der Waals surface area contributed by atoms with E-state index in [9.17, 15) is 0 Å². The molecule has 3 aromatic heterocycles. The third-order valence-corrected chi connectivity index (χ3v) is 3.17. The van der Waals surface area contributed by atoms with Crippen molar-refractivity contribution in [2.45, 2.75) is 27.2 Å². The molecule has 0 atom stereocenters. The van der Waals surface area contributed by atoms with Crippen LogP contribution in [0.4, 0.5) is 5.82 Å². The van der Waals surface area contributed by atoms with E-state index in [1.54, 1.807) is 6.33 Å². The molecule has 0 bridgehead atoms. The van der Waals surface area contributed by atoms with Gasteiger partial charge in [-0.25, -0.2) is 9.97 Å². The first-order valence-electron chi connectivity index (χ1n) is 6.67. The topological polar surface area (TPSA) is 68.8 Å². The minimum atomic E-state index is 0.123. The zero-order valence-electron chi connectivity index (χ0n) is 12.5. The quantitative estimate of drug-likeness (QED) is 0.777. The second-order valence-corrected chi connectivity index (χ2v) is 6.26. The predicted octanol–water partition coefficient (Wildman–Crippen LogP) is 2.74.